The molecule has 0 aromatic heterocycles. The maximum absolute atomic E-state index is 2.55. The van der Waals surface area contributed by atoms with Crippen LogP contribution in [0.1, 0.15) is 73.6 Å². The van der Waals surface area contributed by atoms with Crippen LogP contribution in [0.25, 0.3) is 77.2 Å². The first-order chi connectivity index (χ1) is 39.6. The molecule has 0 N–H and O–H groups in total. The molecular formula is C78H60N2. The molecule has 0 atom stereocenters. The molecule has 2 saturated carbocycles. The Bertz CT molecular complexity index is 4070. The summed E-state index contributed by atoms with van der Waals surface area (Å²) in [7, 11) is 0. The molecule has 0 bridgehead atoms. The molecule has 0 radical (unpaired) electrons. The predicted molar refractivity (Wildman–Crippen MR) is 336 cm³/mol. The maximum atomic E-state index is 2.55. The predicted octanol–water partition coefficient (Wildman–Crippen LogP) is 21.6. The van der Waals surface area contributed by atoms with Gasteiger partial charge in [0.1, 0.15) is 0 Å². The van der Waals surface area contributed by atoms with E-state index < -0.39 is 0 Å². The third kappa shape index (κ3) is 7.38. The van der Waals surface area contributed by atoms with E-state index in [1.54, 1.807) is 0 Å². The normalized spacial score (nSPS) is 15.1. The van der Waals surface area contributed by atoms with Gasteiger partial charge in [-0.05, 0) is 198 Å². The second-order valence-corrected chi connectivity index (χ2v) is 23.1. The fourth-order valence-corrected chi connectivity index (χ4v) is 15.2. The van der Waals surface area contributed by atoms with Crippen LogP contribution in [0, 0.1) is 0 Å². The van der Waals surface area contributed by atoms with E-state index in [-0.39, 0.29) is 10.8 Å². The number of hydrogen-bond acceptors (Lipinski definition) is 2. The molecule has 0 unspecified atom stereocenters. The number of hydrogen-bond donors (Lipinski definition) is 0. The Balaban J connectivity index is 0.788. The average molecular weight is 1030 g/mol. The van der Waals surface area contributed by atoms with Gasteiger partial charge in [0, 0.05) is 45.0 Å². The van der Waals surface area contributed by atoms with Gasteiger partial charge in [-0.3, -0.25) is 0 Å². The molecule has 12 aromatic rings. The van der Waals surface area contributed by atoms with Gasteiger partial charge in [0.15, 0.2) is 0 Å². The quantitative estimate of drug-likeness (QED) is 0.142. The Kier molecular flexibility index (Phi) is 11.0. The zero-order chi connectivity index (χ0) is 52.8. The van der Waals surface area contributed by atoms with Crippen LogP contribution in [-0.2, 0) is 10.8 Å². The van der Waals surface area contributed by atoms with Crippen molar-refractivity contribution in [1.29, 1.82) is 0 Å². The molecule has 0 aliphatic heterocycles. The highest BCUT2D eigenvalue weighted by Gasteiger charge is 2.47. The van der Waals surface area contributed by atoms with Gasteiger partial charge in [0.25, 0.3) is 0 Å². The third-order valence-electron chi connectivity index (χ3n) is 18.9. The van der Waals surface area contributed by atoms with Crippen molar-refractivity contribution in [3.8, 4) is 55.6 Å². The standard InChI is InChI=1S/C78H60N2/c1-3-17-53(18-4-1)59-23-15-25-63(49-59)79(65-39-41-69-73(51-65)77(45-11-12-46-77)71-43-33-57-21-7-9-27-67(57)75(69)71)61-35-29-55(30-36-61)56-31-37-62(38-32-56)80(64-26-16-24-60(50-64)54-19-5-2-6-20-54)66-40-42-70-74(52-66)78(47-13-14-48-78)72-44-34-58-22-8-10-28-68(58)76(70)72/h1-10,15-44,49-52H,11-14,45-48H2. The topological polar surface area (TPSA) is 6.48 Å². The van der Waals surface area contributed by atoms with Crippen LogP contribution in [0.3, 0.4) is 0 Å². The van der Waals surface area contributed by atoms with Crippen molar-refractivity contribution in [1.82, 2.24) is 0 Å². The molecule has 0 amide bonds. The lowest BCUT2D eigenvalue weighted by atomic mass is 9.76. The highest BCUT2D eigenvalue weighted by molar-refractivity contribution is 6.05. The Morgan fingerprint density at radius 2 is 0.588 bits per heavy atom. The molecule has 2 heteroatoms. The summed E-state index contributed by atoms with van der Waals surface area (Å²) in [6.07, 6.45) is 9.75. The minimum absolute atomic E-state index is 0.0262. The zero-order valence-electron chi connectivity index (χ0n) is 45.0. The minimum Gasteiger partial charge on any atom is -0.310 e. The van der Waals surface area contributed by atoms with Gasteiger partial charge in [-0.2, -0.15) is 0 Å². The van der Waals surface area contributed by atoms with Crippen molar-refractivity contribution < 1.29 is 0 Å². The largest absolute Gasteiger partial charge is 0.310 e. The van der Waals surface area contributed by atoms with Crippen LogP contribution in [0.5, 0.6) is 0 Å². The molecular weight excluding hydrogens is 965 g/mol. The van der Waals surface area contributed by atoms with E-state index in [0.717, 1.165) is 22.7 Å². The second kappa shape index (κ2) is 18.7. The van der Waals surface area contributed by atoms with Crippen molar-refractivity contribution in [2.75, 3.05) is 9.80 Å². The fraction of sp³-hybridized carbons (Fsp3) is 0.128. The molecule has 12 aromatic carbocycles. The average Bonchev–Trinajstić information content (AvgIpc) is 3.92. The summed E-state index contributed by atoms with van der Waals surface area (Å²) >= 11 is 0. The molecule has 4 aliphatic carbocycles. The maximum Gasteiger partial charge on any atom is 0.0467 e. The summed E-state index contributed by atoms with van der Waals surface area (Å²) in [4.78, 5) is 4.97. The van der Waals surface area contributed by atoms with Gasteiger partial charge >= 0.3 is 0 Å². The summed E-state index contributed by atoms with van der Waals surface area (Å²) in [5.74, 6) is 0. The number of rotatable bonds is 9. The van der Waals surface area contributed by atoms with Gasteiger partial charge in [-0.15, -0.1) is 0 Å². The fourth-order valence-electron chi connectivity index (χ4n) is 15.2. The van der Waals surface area contributed by atoms with Crippen LogP contribution in [0.4, 0.5) is 34.1 Å². The van der Waals surface area contributed by atoms with Crippen molar-refractivity contribution in [3.05, 3.63) is 289 Å². The first-order valence-corrected chi connectivity index (χ1v) is 29.1. The lowest BCUT2D eigenvalue weighted by molar-refractivity contribution is 0.550. The van der Waals surface area contributed by atoms with E-state index >= 15 is 0 Å². The molecule has 16 rings (SSSR count). The number of nitrogens with zero attached hydrogens (tertiary/aromatic N) is 2. The van der Waals surface area contributed by atoms with Gasteiger partial charge in [-0.1, -0.05) is 220 Å². The van der Waals surface area contributed by atoms with E-state index in [2.05, 4.69) is 277 Å². The minimum atomic E-state index is 0.0262. The van der Waals surface area contributed by atoms with E-state index in [9.17, 15) is 0 Å². The molecule has 2 fully saturated rings. The van der Waals surface area contributed by atoms with Crippen molar-refractivity contribution in [2.24, 2.45) is 0 Å². The van der Waals surface area contributed by atoms with Crippen LogP contribution in [0.2, 0.25) is 0 Å². The first kappa shape index (κ1) is 46.8. The summed E-state index contributed by atoms with van der Waals surface area (Å²) in [6, 6.07) is 101. The van der Waals surface area contributed by atoms with Gasteiger partial charge in [0.2, 0.25) is 0 Å². The third-order valence-corrected chi connectivity index (χ3v) is 18.9. The molecule has 382 valence electrons. The number of benzene rings is 12. The van der Waals surface area contributed by atoms with Crippen LogP contribution < -0.4 is 9.80 Å². The lowest BCUT2D eigenvalue weighted by Gasteiger charge is -2.30. The summed E-state index contributed by atoms with van der Waals surface area (Å²) in [6.45, 7) is 0. The van der Waals surface area contributed by atoms with E-state index in [0.29, 0.717) is 0 Å². The summed E-state index contributed by atoms with van der Waals surface area (Å²) < 4.78 is 0. The van der Waals surface area contributed by atoms with Crippen molar-refractivity contribution in [2.45, 2.75) is 62.2 Å². The number of fused-ring (bicyclic) bond motifs is 14. The monoisotopic (exact) mass is 1020 g/mol. The smallest absolute Gasteiger partial charge is 0.0467 e. The van der Waals surface area contributed by atoms with Gasteiger partial charge in [0.05, 0.1) is 0 Å². The van der Waals surface area contributed by atoms with Crippen LogP contribution in [0.15, 0.2) is 267 Å². The molecule has 4 aliphatic rings. The Morgan fingerprint density at radius 1 is 0.237 bits per heavy atom. The Hall–Kier alpha value is -9.24. The molecule has 0 saturated heterocycles. The van der Waals surface area contributed by atoms with E-state index in [1.165, 1.54) is 162 Å². The van der Waals surface area contributed by atoms with Gasteiger partial charge in [-0.25, -0.2) is 0 Å². The number of anilines is 6. The summed E-state index contributed by atoms with van der Waals surface area (Å²) in [5.41, 5.74) is 25.8. The molecule has 0 heterocycles. The molecule has 2 nitrogen and oxygen atoms in total. The van der Waals surface area contributed by atoms with E-state index in [1.807, 2.05) is 0 Å². The Morgan fingerprint density at radius 3 is 1.01 bits per heavy atom. The van der Waals surface area contributed by atoms with Crippen molar-refractivity contribution in [3.63, 3.8) is 0 Å². The SMILES string of the molecule is c1ccc(-c2cccc(N(c3ccc(-c4ccc(N(c5cccc(-c6ccccc6)c5)c5ccc6c(c5)C5(CCCC5)c5ccc7ccccc7c5-6)cc4)cc3)c3ccc4c(c3)C3(CCCC3)c3ccc5ccccc5c3-4)c2)cc1. The highest BCUT2D eigenvalue weighted by atomic mass is 15.1. The van der Waals surface area contributed by atoms with Crippen LogP contribution >= 0.6 is 0 Å². The molecule has 2 spiro atoms. The van der Waals surface area contributed by atoms with E-state index in [4.69, 9.17) is 0 Å². The Labute approximate surface area is 469 Å². The van der Waals surface area contributed by atoms with Gasteiger partial charge < -0.3 is 9.80 Å². The highest BCUT2D eigenvalue weighted by Crippen LogP contribution is 2.61. The first-order valence-electron chi connectivity index (χ1n) is 29.1. The second-order valence-electron chi connectivity index (χ2n) is 23.1. The molecule has 80 heavy (non-hydrogen) atoms. The summed E-state index contributed by atoms with van der Waals surface area (Å²) in [5, 5.41) is 5.36. The lowest BCUT2D eigenvalue weighted by Crippen LogP contribution is -2.21. The van der Waals surface area contributed by atoms with Crippen LogP contribution in [-0.4, -0.2) is 0 Å². The zero-order valence-corrected chi connectivity index (χ0v) is 45.0. The van der Waals surface area contributed by atoms with Crippen molar-refractivity contribution >= 4 is 55.7 Å².